The van der Waals surface area contributed by atoms with E-state index in [1.54, 1.807) is 6.92 Å². The Hall–Kier alpha value is -2.94. The van der Waals surface area contributed by atoms with Crippen LogP contribution in [0.25, 0.3) is 22.3 Å². The molecule has 0 spiro atoms. The number of hydrogen-bond acceptors (Lipinski definition) is 16. The first-order valence-corrected chi connectivity index (χ1v) is 16.6. The number of hydrogen-bond donors (Lipinski definition) is 5. The maximum atomic E-state index is 15.3. The minimum absolute atomic E-state index is 0.0853. The van der Waals surface area contributed by atoms with Crippen molar-refractivity contribution in [1.82, 2.24) is 39.0 Å². The van der Waals surface area contributed by atoms with Gasteiger partial charge < -0.3 is 40.4 Å². The van der Waals surface area contributed by atoms with E-state index in [0.29, 0.717) is 11.2 Å². The Morgan fingerprint density at radius 1 is 0.977 bits per heavy atom. The number of nitrogens with zero attached hydrogens (tertiary/aromatic N) is 8. The van der Waals surface area contributed by atoms with Gasteiger partial charge in [-0.3, -0.25) is 9.13 Å². The second-order valence-corrected chi connectivity index (χ2v) is 13.5. The number of halogens is 1. The molecule has 19 nitrogen and oxygen atoms in total. The molecule has 9 atom stereocenters. The fourth-order valence-electron chi connectivity index (χ4n) is 5.08. The minimum atomic E-state index is -4.13. The van der Waals surface area contributed by atoms with E-state index in [4.69, 9.17) is 34.5 Å². The summed E-state index contributed by atoms with van der Waals surface area (Å²) in [5.74, 6) is -0.432. The van der Waals surface area contributed by atoms with E-state index in [1.807, 2.05) is 0 Å². The molecule has 2 saturated heterocycles. The van der Waals surface area contributed by atoms with Crippen LogP contribution in [0.1, 0.15) is 19.4 Å². The molecule has 0 amide bonds. The summed E-state index contributed by atoms with van der Waals surface area (Å²) in [6, 6.07) is 0. The number of fused-ring (bicyclic) bond motifs is 2. The summed E-state index contributed by atoms with van der Waals surface area (Å²) in [5.41, 5.74) is 12.8. The van der Waals surface area contributed by atoms with E-state index in [-0.39, 0.29) is 22.8 Å². The molecule has 2 fully saturated rings. The molecular weight excluding hydrogens is 649 g/mol. The van der Waals surface area contributed by atoms with E-state index >= 15 is 4.39 Å². The summed E-state index contributed by atoms with van der Waals surface area (Å²) in [4.78, 5) is 43.4. The van der Waals surface area contributed by atoms with Crippen LogP contribution in [-0.4, -0.2) is 97.7 Å². The van der Waals surface area contributed by atoms with Crippen molar-refractivity contribution >= 4 is 60.7 Å². The van der Waals surface area contributed by atoms with Gasteiger partial charge in [0.2, 0.25) is 0 Å². The van der Waals surface area contributed by atoms with Gasteiger partial charge in [0.05, 0.1) is 19.3 Å². The van der Waals surface area contributed by atoms with Gasteiger partial charge in [-0.15, -0.1) is 9.05 Å². The topological polar surface area (TPSA) is 263 Å². The molecule has 23 heteroatoms. The van der Waals surface area contributed by atoms with Gasteiger partial charge in [-0.05, 0) is 11.8 Å². The summed E-state index contributed by atoms with van der Waals surface area (Å²) in [7, 11) is -3.00. The first kappa shape index (κ1) is 31.1. The highest BCUT2D eigenvalue weighted by molar-refractivity contribution is 8.06. The molecule has 4 aromatic rings. The number of imidazole rings is 2. The smallest absolute Gasteiger partial charge is 0.385 e. The predicted octanol–water partition coefficient (Wildman–Crippen LogP) is 0.245. The van der Waals surface area contributed by atoms with Crippen LogP contribution in [-0.2, 0) is 39.4 Å². The van der Waals surface area contributed by atoms with Gasteiger partial charge in [-0.2, -0.15) is 0 Å². The Morgan fingerprint density at radius 2 is 1.55 bits per heavy atom. The summed E-state index contributed by atoms with van der Waals surface area (Å²) in [6.45, 7) is -3.54. The lowest BCUT2D eigenvalue weighted by molar-refractivity contribution is -0.0487. The molecule has 0 radical (unpaired) electrons. The van der Waals surface area contributed by atoms with E-state index in [9.17, 15) is 19.5 Å². The third-order valence-corrected chi connectivity index (χ3v) is 8.79. The zero-order valence-electron chi connectivity index (χ0n) is 22.5. The highest BCUT2D eigenvalue weighted by Gasteiger charge is 2.52. The van der Waals surface area contributed by atoms with E-state index in [0.717, 1.165) is 0 Å². The molecule has 0 bridgehead atoms. The van der Waals surface area contributed by atoms with E-state index in [1.165, 1.54) is 34.4 Å². The zero-order valence-corrected chi connectivity index (χ0v) is 25.2. The average molecular weight is 676 g/mol. The Bertz CT molecular complexity index is 1740. The van der Waals surface area contributed by atoms with Crippen LogP contribution in [0, 0.1) is 5.92 Å². The lowest BCUT2D eigenvalue weighted by Crippen LogP contribution is -2.35. The molecule has 44 heavy (non-hydrogen) atoms. The average Bonchev–Trinajstić information content (AvgIpc) is 3.73. The number of alkyl halides is 1. The molecular formula is C21H26FN10O9P2S+. The maximum Gasteiger partial charge on any atom is 0.697 e. The third kappa shape index (κ3) is 5.88. The van der Waals surface area contributed by atoms with Crippen molar-refractivity contribution in [1.29, 1.82) is 0 Å². The molecule has 6 heterocycles. The van der Waals surface area contributed by atoms with Crippen LogP contribution in [0.4, 0.5) is 16.0 Å². The van der Waals surface area contributed by atoms with Gasteiger partial charge in [-0.1, -0.05) is 6.92 Å². The fourth-order valence-corrected chi connectivity index (χ4v) is 6.40. The Kier molecular flexibility index (Phi) is 8.54. The monoisotopic (exact) mass is 675 g/mol. The molecule has 4 aromatic heterocycles. The standard InChI is InChI=1S/C21H25FN10O9P2S/c1-8-11(22)9(39-20(8)31-6-29-12-16(23)25-4-27-18(12)31)2-37-42(34)41-15-10(3-38-43(35,36)44)40-21(14(15)33)32-7-30-13-17(24)26-5-28-19(13)32/h4-11,14-15,20-21,33H,2-3H2,1H3,(H5-,23,24,25,26,27,28,35,36,44)/p+1/t8-,9?,10-,11-,14-,15-,20-,21-/m1/s1. The van der Waals surface area contributed by atoms with Crippen molar-refractivity contribution in [3.63, 3.8) is 0 Å². The molecule has 6 rings (SSSR count). The maximum absolute atomic E-state index is 15.3. The van der Waals surface area contributed by atoms with Crippen molar-refractivity contribution in [3.8, 4) is 0 Å². The van der Waals surface area contributed by atoms with Gasteiger partial charge in [0.1, 0.15) is 61.0 Å². The normalized spacial score (nSPS) is 29.6. The van der Waals surface area contributed by atoms with Crippen molar-refractivity contribution < 1.29 is 46.9 Å². The summed E-state index contributed by atoms with van der Waals surface area (Å²) in [6.07, 6.45) is -3.72. The van der Waals surface area contributed by atoms with Crippen LogP contribution >= 0.6 is 15.0 Å². The molecule has 0 aliphatic carbocycles. The van der Waals surface area contributed by atoms with E-state index < -0.39 is 77.1 Å². The number of nitrogen functional groups attached to an aromatic ring is 2. The van der Waals surface area contributed by atoms with Gasteiger partial charge in [0, 0.05) is 10.5 Å². The van der Waals surface area contributed by atoms with Crippen molar-refractivity contribution in [2.24, 2.45) is 5.92 Å². The van der Waals surface area contributed by atoms with Gasteiger partial charge in [0.15, 0.2) is 35.3 Å². The Balaban J connectivity index is 1.14. The molecule has 2 aliphatic rings. The number of anilines is 2. The Morgan fingerprint density at radius 3 is 2.14 bits per heavy atom. The Labute approximate surface area is 252 Å². The van der Waals surface area contributed by atoms with Crippen LogP contribution in [0.2, 0.25) is 0 Å². The van der Waals surface area contributed by atoms with Crippen molar-refractivity contribution in [2.75, 3.05) is 24.7 Å². The van der Waals surface area contributed by atoms with Crippen LogP contribution < -0.4 is 11.5 Å². The fraction of sp³-hybridized carbons (Fsp3) is 0.524. The number of aliphatic hydroxyl groups is 1. The lowest BCUT2D eigenvalue weighted by atomic mass is 10.0. The van der Waals surface area contributed by atoms with Crippen LogP contribution in [0.5, 0.6) is 0 Å². The number of nitrogens with two attached hydrogens (primary N) is 2. The SMILES string of the molecule is C[C@H]1[C@H](n2cnc3c(N)ncnc32)OC(CO[P+](=O)O[C@H]2[C@@H](O)[C@H](n3cnc4c(N)ncnc43)O[C@@H]2COP(O)(O)=S)[C@@H]1F. The lowest BCUT2D eigenvalue weighted by Gasteiger charge is -2.17. The zero-order chi connectivity index (χ0) is 31.3. The molecule has 236 valence electrons. The first-order valence-electron chi connectivity index (χ1n) is 12.9. The van der Waals surface area contributed by atoms with Crippen molar-refractivity contribution in [3.05, 3.63) is 25.3 Å². The van der Waals surface area contributed by atoms with Gasteiger partial charge in [-0.25, -0.2) is 34.3 Å². The van der Waals surface area contributed by atoms with Crippen LogP contribution in [0.3, 0.4) is 0 Å². The second-order valence-electron chi connectivity index (χ2n) is 9.97. The van der Waals surface area contributed by atoms with Crippen LogP contribution in [0.15, 0.2) is 25.3 Å². The highest BCUT2D eigenvalue weighted by Crippen LogP contribution is 2.44. The van der Waals surface area contributed by atoms with E-state index in [2.05, 4.69) is 41.7 Å². The quantitative estimate of drug-likeness (QED) is 0.141. The minimum Gasteiger partial charge on any atom is -0.385 e. The summed E-state index contributed by atoms with van der Waals surface area (Å²) >= 11 is 4.50. The number of ether oxygens (including phenoxy) is 2. The number of aromatic nitrogens is 8. The second kappa shape index (κ2) is 12.1. The number of rotatable bonds is 10. The van der Waals surface area contributed by atoms with Crippen molar-refractivity contribution in [2.45, 2.75) is 50.0 Å². The highest BCUT2D eigenvalue weighted by atomic mass is 32.5. The molecule has 2 aliphatic heterocycles. The summed E-state index contributed by atoms with van der Waals surface area (Å²) in [5, 5.41) is 11.1. The molecule has 0 aromatic carbocycles. The summed E-state index contributed by atoms with van der Waals surface area (Å²) < 4.78 is 58.5. The van der Waals surface area contributed by atoms with Gasteiger partial charge in [0.25, 0.3) is 0 Å². The first-order chi connectivity index (χ1) is 20.9. The predicted molar refractivity (Wildman–Crippen MR) is 150 cm³/mol. The molecule has 2 unspecified atom stereocenters. The third-order valence-electron chi connectivity index (χ3n) is 7.21. The molecule has 7 N–H and O–H groups in total. The molecule has 0 saturated carbocycles. The van der Waals surface area contributed by atoms with Gasteiger partial charge >= 0.3 is 15.0 Å². The largest absolute Gasteiger partial charge is 0.697 e. The number of aliphatic hydroxyl groups excluding tert-OH is 1.